The normalized spacial score (nSPS) is 25.6. The number of nitrogens with one attached hydrogen (secondary N) is 1. The molecule has 0 radical (unpaired) electrons. The van der Waals surface area contributed by atoms with Gasteiger partial charge in [0.05, 0.1) is 12.5 Å². The van der Waals surface area contributed by atoms with Crippen LogP contribution < -0.4 is 5.32 Å². The highest BCUT2D eigenvalue weighted by atomic mass is 16.6. The first-order valence-corrected chi connectivity index (χ1v) is 12.1. The smallest absolute Gasteiger partial charge is 0.408 e. The van der Waals surface area contributed by atoms with Crippen molar-refractivity contribution in [1.29, 1.82) is 0 Å². The molecule has 2 amide bonds. The highest BCUT2D eigenvalue weighted by Crippen LogP contribution is 2.44. The van der Waals surface area contributed by atoms with Gasteiger partial charge in [0.1, 0.15) is 12.1 Å². The van der Waals surface area contributed by atoms with Crippen LogP contribution in [-0.2, 0) is 19.1 Å². The molecule has 0 saturated carbocycles. The van der Waals surface area contributed by atoms with Crippen LogP contribution in [0.5, 0.6) is 0 Å². The number of piperidine rings is 1. The molecule has 184 valence electrons. The van der Waals surface area contributed by atoms with Gasteiger partial charge >= 0.3 is 12.1 Å². The van der Waals surface area contributed by atoms with E-state index in [1.807, 2.05) is 43.3 Å². The third-order valence-electron chi connectivity index (χ3n) is 7.61. The Bertz CT molecular complexity index is 1100. The topological polar surface area (TPSA) is 105 Å². The Balaban J connectivity index is 1.29. The first-order valence-electron chi connectivity index (χ1n) is 12.1. The van der Waals surface area contributed by atoms with Crippen LogP contribution in [0.15, 0.2) is 48.5 Å². The van der Waals surface area contributed by atoms with E-state index in [9.17, 15) is 19.5 Å². The second-order valence-electron chi connectivity index (χ2n) is 9.75. The number of fused-ring (bicyclic) bond motifs is 3. The lowest BCUT2D eigenvalue weighted by Crippen LogP contribution is -2.63. The Hall–Kier alpha value is -3.39. The lowest BCUT2D eigenvalue weighted by Gasteiger charge is -2.41. The van der Waals surface area contributed by atoms with Crippen molar-refractivity contribution in [1.82, 2.24) is 10.2 Å². The van der Waals surface area contributed by atoms with Crippen LogP contribution in [-0.4, -0.2) is 65.9 Å². The number of hydrogen-bond donors (Lipinski definition) is 2. The van der Waals surface area contributed by atoms with Gasteiger partial charge in [-0.3, -0.25) is 9.59 Å². The Morgan fingerprint density at radius 3 is 2.34 bits per heavy atom. The summed E-state index contributed by atoms with van der Waals surface area (Å²) >= 11 is 0. The largest absolute Gasteiger partial charge is 0.481 e. The number of hydrogen-bond acceptors (Lipinski definition) is 5. The second kappa shape index (κ2) is 9.34. The molecule has 2 heterocycles. The summed E-state index contributed by atoms with van der Waals surface area (Å²) in [5, 5.41) is 12.3. The molecule has 8 nitrogen and oxygen atoms in total. The number of carbonyl (C=O) groups excluding carboxylic acids is 2. The molecule has 2 fully saturated rings. The number of aliphatic carboxylic acids is 1. The number of carbonyl (C=O) groups is 3. The third-order valence-corrected chi connectivity index (χ3v) is 7.61. The fourth-order valence-corrected chi connectivity index (χ4v) is 5.58. The Labute approximate surface area is 204 Å². The van der Waals surface area contributed by atoms with E-state index in [1.54, 1.807) is 4.90 Å². The maximum absolute atomic E-state index is 13.6. The number of ether oxygens (including phenoxy) is 2. The van der Waals surface area contributed by atoms with Gasteiger partial charge in [0, 0.05) is 31.5 Å². The first kappa shape index (κ1) is 23.4. The summed E-state index contributed by atoms with van der Waals surface area (Å²) < 4.78 is 11.2. The molecule has 2 aromatic carbocycles. The van der Waals surface area contributed by atoms with E-state index >= 15 is 0 Å². The number of benzene rings is 2. The standard InChI is InChI=1S/C27H30N2O6/c1-17-10-11-18(24(30)31)14-29(17)25(32)27(12-13-34-16-27)28-26(33)35-15-23-21-8-4-2-6-19(21)20-7-3-5-9-22(20)23/h2-9,17-18,23H,10-16H2,1H3,(H,28,33)(H,30,31). The molecular formula is C27H30N2O6. The summed E-state index contributed by atoms with van der Waals surface area (Å²) in [4.78, 5) is 39.7. The lowest BCUT2D eigenvalue weighted by molar-refractivity contribution is -0.150. The van der Waals surface area contributed by atoms with Crippen LogP contribution >= 0.6 is 0 Å². The van der Waals surface area contributed by atoms with Gasteiger partial charge in [-0.15, -0.1) is 0 Å². The van der Waals surface area contributed by atoms with E-state index in [-0.39, 0.29) is 37.6 Å². The van der Waals surface area contributed by atoms with Crippen molar-refractivity contribution in [2.45, 2.75) is 43.7 Å². The zero-order chi connectivity index (χ0) is 24.6. The molecule has 2 saturated heterocycles. The summed E-state index contributed by atoms with van der Waals surface area (Å²) in [6.07, 6.45) is 0.774. The zero-order valence-corrected chi connectivity index (χ0v) is 19.7. The Morgan fingerprint density at radius 1 is 1.09 bits per heavy atom. The van der Waals surface area contributed by atoms with Crippen molar-refractivity contribution >= 4 is 18.0 Å². The van der Waals surface area contributed by atoms with Crippen LogP contribution in [0.3, 0.4) is 0 Å². The molecule has 0 aromatic heterocycles. The van der Waals surface area contributed by atoms with Gasteiger partial charge in [-0.2, -0.15) is 0 Å². The van der Waals surface area contributed by atoms with Crippen LogP contribution in [0.4, 0.5) is 4.79 Å². The monoisotopic (exact) mass is 478 g/mol. The number of amides is 2. The number of carboxylic acid groups (broad SMARTS) is 1. The zero-order valence-electron chi connectivity index (χ0n) is 19.7. The van der Waals surface area contributed by atoms with Gasteiger partial charge in [0.25, 0.3) is 5.91 Å². The molecule has 2 aromatic rings. The van der Waals surface area contributed by atoms with E-state index in [0.717, 1.165) is 22.3 Å². The van der Waals surface area contributed by atoms with Crippen LogP contribution in [0.2, 0.25) is 0 Å². The molecule has 3 unspecified atom stereocenters. The average Bonchev–Trinajstić information content (AvgIpc) is 3.46. The summed E-state index contributed by atoms with van der Waals surface area (Å²) in [6.45, 7) is 2.55. The molecule has 0 bridgehead atoms. The summed E-state index contributed by atoms with van der Waals surface area (Å²) in [7, 11) is 0. The van der Waals surface area contributed by atoms with Gasteiger partial charge in [-0.25, -0.2) is 4.79 Å². The maximum atomic E-state index is 13.6. The Kier molecular flexibility index (Phi) is 6.23. The SMILES string of the molecule is CC1CCC(C(=O)O)CN1C(=O)C1(NC(=O)OCC2c3ccccc3-c3ccccc32)CCOC1. The quantitative estimate of drug-likeness (QED) is 0.683. The van der Waals surface area contributed by atoms with Crippen LogP contribution in [0.25, 0.3) is 11.1 Å². The maximum Gasteiger partial charge on any atom is 0.408 e. The number of likely N-dealkylation sites (tertiary alicyclic amines) is 1. The molecule has 1 aliphatic carbocycles. The summed E-state index contributed by atoms with van der Waals surface area (Å²) in [6, 6.07) is 16.1. The average molecular weight is 479 g/mol. The van der Waals surface area contributed by atoms with Crippen LogP contribution in [0, 0.1) is 5.92 Å². The minimum Gasteiger partial charge on any atom is -0.481 e. The number of alkyl carbamates (subject to hydrolysis) is 1. The molecular weight excluding hydrogens is 448 g/mol. The molecule has 5 rings (SSSR count). The molecule has 8 heteroatoms. The molecule has 0 spiro atoms. The van der Waals surface area contributed by atoms with E-state index in [1.165, 1.54) is 0 Å². The van der Waals surface area contributed by atoms with Crippen molar-refractivity contribution in [3.63, 3.8) is 0 Å². The van der Waals surface area contributed by atoms with Crippen molar-refractivity contribution in [2.24, 2.45) is 5.92 Å². The number of carboxylic acids is 1. The van der Waals surface area contributed by atoms with Crippen LogP contribution in [0.1, 0.15) is 43.2 Å². The molecule has 3 atom stereocenters. The van der Waals surface area contributed by atoms with E-state index in [2.05, 4.69) is 17.4 Å². The van der Waals surface area contributed by atoms with Crippen molar-refractivity contribution in [3.8, 4) is 11.1 Å². The fraction of sp³-hybridized carbons (Fsp3) is 0.444. The molecule has 2 N–H and O–H groups in total. The predicted octanol–water partition coefficient (Wildman–Crippen LogP) is 3.40. The predicted molar refractivity (Wildman–Crippen MR) is 128 cm³/mol. The highest BCUT2D eigenvalue weighted by Gasteiger charge is 2.49. The molecule has 2 aliphatic heterocycles. The minimum atomic E-state index is -1.25. The fourth-order valence-electron chi connectivity index (χ4n) is 5.58. The van der Waals surface area contributed by atoms with E-state index in [0.29, 0.717) is 25.9 Å². The van der Waals surface area contributed by atoms with Crippen molar-refractivity contribution in [2.75, 3.05) is 26.4 Å². The van der Waals surface area contributed by atoms with Gasteiger partial charge in [-0.1, -0.05) is 48.5 Å². The summed E-state index contributed by atoms with van der Waals surface area (Å²) in [5.41, 5.74) is 3.24. The lowest BCUT2D eigenvalue weighted by atomic mass is 9.89. The first-order chi connectivity index (χ1) is 16.9. The van der Waals surface area contributed by atoms with Crippen molar-refractivity contribution < 1.29 is 29.0 Å². The van der Waals surface area contributed by atoms with Crippen molar-refractivity contribution in [3.05, 3.63) is 59.7 Å². The van der Waals surface area contributed by atoms with Gasteiger partial charge in [0.15, 0.2) is 0 Å². The van der Waals surface area contributed by atoms with E-state index < -0.39 is 23.5 Å². The van der Waals surface area contributed by atoms with Gasteiger partial charge < -0.3 is 24.8 Å². The third kappa shape index (κ3) is 4.27. The molecule has 3 aliphatic rings. The Morgan fingerprint density at radius 2 is 1.74 bits per heavy atom. The number of nitrogens with zero attached hydrogens (tertiary/aromatic N) is 1. The minimum absolute atomic E-state index is 0.0387. The highest BCUT2D eigenvalue weighted by molar-refractivity contribution is 5.91. The number of rotatable bonds is 5. The van der Waals surface area contributed by atoms with E-state index in [4.69, 9.17) is 9.47 Å². The summed E-state index contributed by atoms with van der Waals surface area (Å²) in [5.74, 6) is -1.90. The van der Waals surface area contributed by atoms with Gasteiger partial charge in [-0.05, 0) is 42.0 Å². The molecule has 35 heavy (non-hydrogen) atoms. The van der Waals surface area contributed by atoms with Gasteiger partial charge in [0.2, 0.25) is 0 Å². The second-order valence-corrected chi connectivity index (χ2v) is 9.75.